The lowest BCUT2D eigenvalue weighted by molar-refractivity contribution is 0.467. The van der Waals surface area contributed by atoms with Gasteiger partial charge in [-0.2, -0.15) is 0 Å². The van der Waals surface area contributed by atoms with Crippen LogP contribution in [-0.4, -0.2) is 23.4 Å². The molecule has 4 heteroatoms. The number of rotatable bonds is 5. The molecule has 1 aliphatic carbocycles. The zero-order chi connectivity index (χ0) is 17.9. The van der Waals surface area contributed by atoms with E-state index in [-0.39, 0.29) is 11.6 Å². The van der Waals surface area contributed by atoms with Crippen LogP contribution in [0.4, 0.5) is 0 Å². The van der Waals surface area contributed by atoms with E-state index in [9.17, 15) is 0 Å². The first-order chi connectivity index (χ1) is 12.6. The first kappa shape index (κ1) is 16.2. The average Bonchev–Trinajstić information content (AvgIpc) is 3.59. The van der Waals surface area contributed by atoms with Gasteiger partial charge in [0.25, 0.3) is 0 Å². The van der Waals surface area contributed by atoms with Crippen LogP contribution in [0.25, 0.3) is 11.1 Å². The van der Waals surface area contributed by atoms with Crippen molar-refractivity contribution in [3.05, 3.63) is 53.3 Å². The molecular formula is C22H26N4. The van der Waals surface area contributed by atoms with Gasteiger partial charge in [0.05, 0.1) is 11.7 Å². The molecule has 1 aromatic heterocycles. The molecule has 1 aromatic carbocycles. The molecular weight excluding hydrogens is 320 g/mol. The number of nitrogens with one attached hydrogen (secondary N) is 1. The molecule has 3 atom stereocenters. The molecule has 3 heterocycles. The van der Waals surface area contributed by atoms with Crippen LogP contribution in [0.3, 0.4) is 0 Å². The van der Waals surface area contributed by atoms with Crippen LogP contribution in [0.5, 0.6) is 0 Å². The van der Waals surface area contributed by atoms with Gasteiger partial charge in [0.15, 0.2) is 0 Å². The second-order valence-corrected chi connectivity index (χ2v) is 8.20. The number of aromatic nitrogens is 1. The summed E-state index contributed by atoms with van der Waals surface area (Å²) in [5.41, 5.74) is 13.7. The largest absolute Gasteiger partial charge is 0.330 e. The van der Waals surface area contributed by atoms with Crippen molar-refractivity contribution in [2.75, 3.05) is 6.54 Å². The number of fused-ring (bicyclic) bond motifs is 3. The Morgan fingerprint density at radius 3 is 2.85 bits per heavy atom. The Morgan fingerprint density at radius 1 is 1.27 bits per heavy atom. The first-order valence-corrected chi connectivity index (χ1v) is 9.78. The van der Waals surface area contributed by atoms with Crippen molar-refractivity contribution in [2.45, 2.75) is 50.7 Å². The van der Waals surface area contributed by atoms with Gasteiger partial charge >= 0.3 is 0 Å². The second kappa shape index (κ2) is 5.73. The Balaban J connectivity index is 1.65. The number of pyridine rings is 1. The monoisotopic (exact) mass is 346 g/mol. The molecule has 3 unspecified atom stereocenters. The molecule has 1 saturated carbocycles. The summed E-state index contributed by atoms with van der Waals surface area (Å²) < 4.78 is 0. The molecule has 2 fully saturated rings. The molecule has 0 radical (unpaired) electrons. The van der Waals surface area contributed by atoms with Crippen LogP contribution in [0.1, 0.15) is 56.0 Å². The number of nitrogens with zero attached hydrogens (tertiary/aromatic N) is 2. The van der Waals surface area contributed by atoms with E-state index in [1.54, 1.807) is 0 Å². The molecule has 0 spiro atoms. The van der Waals surface area contributed by atoms with E-state index in [0.29, 0.717) is 18.5 Å². The summed E-state index contributed by atoms with van der Waals surface area (Å²) in [5.74, 6) is 0.619. The molecule has 2 aromatic rings. The Labute approximate surface area is 154 Å². The van der Waals surface area contributed by atoms with E-state index in [1.165, 1.54) is 46.5 Å². The molecule has 0 bridgehead atoms. The van der Waals surface area contributed by atoms with E-state index < -0.39 is 0 Å². The van der Waals surface area contributed by atoms with Crippen molar-refractivity contribution in [3.63, 3.8) is 0 Å². The highest BCUT2D eigenvalue weighted by Crippen LogP contribution is 2.46. The smallest absolute Gasteiger partial charge is 0.122 e. The lowest BCUT2D eigenvalue weighted by Gasteiger charge is -2.28. The fourth-order valence-electron chi connectivity index (χ4n) is 4.10. The van der Waals surface area contributed by atoms with E-state index in [2.05, 4.69) is 49.5 Å². The molecule has 1 saturated heterocycles. The number of benzene rings is 1. The maximum absolute atomic E-state index is 6.11. The third kappa shape index (κ3) is 2.43. The minimum absolute atomic E-state index is 0.0135. The van der Waals surface area contributed by atoms with E-state index >= 15 is 0 Å². The second-order valence-electron chi connectivity index (χ2n) is 8.20. The van der Waals surface area contributed by atoms with Gasteiger partial charge in [-0.3, -0.25) is 15.3 Å². The zero-order valence-corrected chi connectivity index (χ0v) is 15.5. The highest BCUT2D eigenvalue weighted by Gasteiger charge is 2.47. The van der Waals surface area contributed by atoms with Gasteiger partial charge in [0.2, 0.25) is 0 Å². The summed E-state index contributed by atoms with van der Waals surface area (Å²) in [4.78, 5) is 9.72. The fourth-order valence-corrected chi connectivity index (χ4v) is 4.10. The van der Waals surface area contributed by atoms with E-state index in [1.807, 2.05) is 6.20 Å². The fraction of sp³-hybridized carbons (Fsp3) is 0.455. The summed E-state index contributed by atoms with van der Waals surface area (Å²) in [6, 6.07) is 11.4. The molecule has 2 aliphatic heterocycles. The van der Waals surface area contributed by atoms with Gasteiger partial charge in [-0.25, -0.2) is 0 Å². The molecule has 26 heavy (non-hydrogen) atoms. The molecule has 5 rings (SSSR count). The van der Waals surface area contributed by atoms with Crippen molar-refractivity contribution in [1.82, 2.24) is 10.3 Å². The molecule has 0 amide bonds. The Bertz CT molecular complexity index is 893. The van der Waals surface area contributed by atoms with Crippen LogP contribution in [0.2, 0.25) is 0 Å². The van der Waals surface area contributed by atoms with Gasteiger partial charge in [-0.1, -0.05) is 38.1 Å². The summed E-state index contributed by atoms with van der Waals surface area (Å²) in [6.45, 7) is 5.12. The first-order valence-electron chi connectivity index (χ1n) is 9.78. The van der Waals surface area contributed by atoms with Crippen LogP contribution >= 0.6 is 0 Å². The SMILES string of the molecule is CCC(C)(CN)c1cccc(-c2ccnc3c2C(C2CC2)=NC2NC32)c1. The van der Waals surface area contributed by atoms with Crippen molar-refractivity contribution in [3.8, 4) is 11.1 Å². The summed E-state index contributed by atoms with van der Waals surface area (Å²) in [5, 5.41) is 3.47. The molecule has 4 nitrogen and oxygen atoms in total. The highest BCUT2D eigenvalue weighted by molar-refractivity contribution is 6.10. The minimum Gasteiger partial charge on any atom is -0.330 e. The number of aliphatic imine (C=N–C) groups is 1. The van der Waals surface area contributed by atoms with Gasteiger partial charge in [0, 0.05) is 35.3 Å². The topological polar surface area (TPSA) is 73.2 Å². The molecule has 134 valence electrons. The zero-order valence-electron chi connectivity index (χ0n) is 15.5. The average molecular weight is 346 g/mol. The third-order valence-corrected chi connectivity index (χ3v) is 6.43. The van der Waals surface area contributed by atoms with Crippen LogP contribution < -0.4 is 11.1 Å². The third-order valence-electron chi connectivity index (χ3n) is 6.43. The van der Waals surface area contributed by atoms with Crippen molar-refractivity contribution >= 4 is 5.71 Å². The summed E-state index contributed by atoms with van der Waals surface area (Å²) >= 11 is 0. The maximum atomic E-state index is 6.11. The lowest BCUT2D eigenvalue weighted by Crippen LogP contribution is -2.31. The number of hydrogen-bond acceptors (Lipinski definition) is 4. The standard InChI is InChI=1S/C22H26N4/c1-3-22(2,12-23)15-6-4-5-14(11-15)16-9-10-24-19-17(16)18(13-7-8-13)25-21-20(19)26-21/h4-6,9-11,13,20-21,26H,3,7-8,12,23H2,1-2H3. The number of nitrogens with two attached hydrogens (primary N) is 1. The maximum Gasteiger partial charge on any atom is 0.122 e. The summed E-state index contributed by atoms with van der Waals surface area (Å²) in [7, 11) is 0. The van der Waals surface area contributed by atoms with Crippen LogP contribution in [-0.2, 0) is 5.41 Å². The molecule has 3 N–H and O–H groups in total. The number of hydrogen-bond donors (Lipinski definition) is 2. The quantitative estimate of drug-likeness (QED) is 0.813. The highest BCUT2D eigenvalue weighted by atomic mass is 15.3. The van der Waals surface area contributed by atoms with Crippen molar-refractivity contribution < 1.29 is 0 Å². The van der Waals surface area contributed by atoms with E-state index in [4.69, 9.17) is 15.7 Å². The van der Waals surface area contributed by atoms with E-state index in [0.717, 1.165) is 6.42 Å². The molecule has 3 aliphatic rings. The normalized spacial score (nSPS) is 25.7. The van der Waals surface area contributed by atoms with Gasteiger partial charge in [0.1, 0.15) is 6.17 Å². The van der Waals surface area contributed by atoms with Crippen molar-refractivity contribution in [2.24, 2.45) is 16.6 Å². The predicted octanol–water partition coefficient (Wildman–Crippen LogP) is 3.56. The Hall–Kier alpha value is -2.04. The van der Waals surface area contributed by atoms with Gasteiger partial charge in [-0.15, -0.1) is 0 Å². The summed E-state index contributed by atoms with van der Waals surface area (Å²) in [6.07, 6.45) is 5.75. The predicted molar refractivity (Wildman–Crippen MR) is 105 cm³/mol. The van der Waals surface area contributed by atoms with Crippen LogP contribution in [0, 0.1) is 5.92 Å². The Morgan fingerprint density at radius 2 is 2.12 bits per heavy atom. The minimum atomic E-state index is 0.0135. The van der Waals surface area contributed by atoms with Crippen LogP contribution in [0.15, 0.2) is 41.5 Å². The lowest BCUT2D eigenvalue weighted by atomic mass is 9.79. The van der Waals surface area contributed by atoms with Gasteiger partial charge < -0.3 is 5.73 Å². The van der Waals surface area contributed by atoms with Gasteiger partial charge in [-0.05, 0) is 42.0 Å². The van der Waals surface area contributed by atoms with Crippen molar-refractivity contribution in [1.29, 1.82) is 0 Å². The Kier molecular flexibility index (Phi) is 3.56.